The summed E-state index contributed by atoms with van der Waals surface area (Å²) in [6.45, 7) is 10.8. The molecule has 2 fully saturated rings. The Hall–Kier alpha value is -1.48. The number of carbonyl (C=O) groups excluding carboxylic acids is 1. The Morgan fingerprint density at radius 3 is 2.43 bits per heavy atom. The molecule has 3 rings (SSSR count). The SMILES string of the molecule is CC(C)(C)[Si](C)(C)OCOC(=O)N1C2CCC1(C#Cc1ccc(Cl)cc1)CC2. The molecule has 0 N–H and O–H groups in total. The van der Waals surface area contributed by atoms with Crippen molar-refractivity contribution in [3.63, 3.8) is 0 Å². The van der Waals surface area contributed by atoms with Crippen LogP contribution in [-0.4, -0.2) is 37.7 Å². The molecule has 152 valence electrons. The van der Waals surface area contributed by atoms with Crippen LogP contribution in [0.25, 0.3) is 0 Å². The molecule has 0 atom stereocenters. The molecule has 2 heterocycles. The summed E-state index contributed by atoms with van der Waals surface area (Å²) in [6.07, 6.45) is 3.46. The van der Waals surface area contributed by atoms with Crippen LogP contribution >= 0.6 is 11.6 Å². The van der Waals surface area contributed by atoms with Crippen LogP contribution in [0.3, 0.4) is 0 Å². The predicted octanol–water partition coefficient (Wildman–Crippen LogP) is 5.80. The Labute approximate surface area is 174 Å². The second-order valence-corrected chi connectivity index (χ2v) is 14.6. The van der Waals surface area contributed by atoms with Gasteiger partial charge in [0.05, 0.1) is 0 Å². The lowest BCUT2D eigenvalue weighted by molar-refractivity contribution is 0.0204. The van der Waals surface area contributed by atoms with Crippen LogP contribution in [0.5, 0.6) is 0 Å². The quantitative estimate of drug-likeness (QED) is 0.352. The van der Waals surface area contributed by atoms with Gasteiger partial charge in [-0.25, -0.2) is 4.79 Å². The van der Waals surface area contributed by atoms with E-state index >= 15 is 0 Å². The molecule has 2 aliphatic rings. The van der Waals surface area contributed by atoms with Crippen LogP contribution in [0.4, 0.5) is 4.79 Å². The zero-order valence-corrected chi connectivity index (χ0v) is 19.2. The molecule has 4 nitrogen and oxygen atoms in total. The lowest BCUT2D eigenvalue weighted by Crippen LogP contribution is -2.46. The van der Waals surface area contributed by atoms with Crippen molar-refractivity contribution in [3.8, 4) is 11.8 Å². The molecule has 1 aromatic rings. The van der Waals surface area contributed by atoms with Crippen LogP contribution in [0, 0.1) is 11.8 Å². The molecule has 0 aliphatic carbocycles. The van der Waals surface area contributed by atoms with Crippen LogP contribution in [-0.2, 0) is 9.16 Å². The van der Waals surface area contributed by atoms with E-state index in [0.717, 1.165) is 31.2 Å². The largest absolute Gasteiger partial charge is 0.423 e. The maximum absolute atomic E-state index is 12.9. The van der Waals surface area contributed by atoms with Gasteiger partial charge in [0.15, 0.2) is 15.1 Å². The molecule has 2 saturated heterocycles. The first-order valence-corrected chi connectivity index (χ1v) is 13.2. The van der Waals surface area contributed by atoms with E-state index in [4.69, 9.17) is 20.8 Å². The monoisotopic (exact) mass is 419 g/mol. The molecule has 6 heteroatoms. The van der Waals surface area contributed by atoms with Gasteiger partial charge in [-0.1, -0.05) is 44.2 Å². The summed E-state index contributed by atoms with van der Waals surface area (Å²) in [5.41, 5.74) is 0.488. The summed E-state index contributed by atoms with van der Waals surface area (Å²) in [6, 6.07) is 7.70. The normalized spacial score (nSPS) is 24.1. The maximum atomic E-state index is 12.9. The average molecular weight is 420 g/mol. The molecule has 0 unspecified atom stereocenters. The molecular weight excluding hydrogens is 390 g/mol. The number of fused-ring (bicyclic) bond motifs is 2. The van der Waals surface area contributed by atoms with E-state index in [1.807, 2.05) is 29.2 Å². The standard InChI is InChI=1S/C22H30ClNO3Si/c1-21(2,3)28(4,5)27-16-26-20(25)24-19-11-14-22(24,15-12-19)13-10-17-6-8-18(23)9-7-17/h6-9,19H,11-12,14-16H2,1-5H3. The van der Waals surface area contributed by atoms with E-state index in [1.54, 1.807) is 0 Å². The minimum Gasteiger partial charge on any atom is -0.423 e. The molecule has 0 saturated carbocycles. The third-order valence-corrected chi connectivity index (χ3v) is 11.2. The fraction of sp³-hybridized carbons (Fsp3) is 0.591. The minimum absolute atomic E-state index is 0.0131. The van der Waals surface area contributed by atoms with Gasteiger partial charge in [0.1, 0.15) is 5.54 Å². The van der Waals surface area contributed by atoms with Gasteiger partial charge in [0, 0.05) is 16.6 Å². The van der Waals surface area contributed by atoms with E-state index in [0.29, 0.717) is 5.02 Å². The van der Waals surface area contributed by atoms with E-state index in [9.17, 15) is 4.79 Å². The Morgan fingerprint density at radius 2 is 1.86 bits per heavy atom. The minimum atomic E-state index is -1.95. The summed E-state index contributed by atoms with van der Waals surface area (Å²) < 4.78 is 11.6. The van der Waals surface area contributed by atoms with Crippen molar-refractivity contribution >= 4 is 26.0 Å². The van der Waals surface area contributed by atoms with Gasteiger partial charge < -0.3 is 9.16 Å². The maximum Gasteiger partial charge on any atom is 0.413 e. The molecular formula is C22H30ClNO3Si. The van der Waals surface area contributed by atoms with Crippen molar-refractivity contribution in [2.75, 3.05) is 6.79 Å². The highest BCUT2D eigenvalue weighted by atomic mass is 35.5. The molecule has 1 amide bonds. The first kappa shape index (κ1) is 21.2. The van der Waals surface area contributed by atoms with Gasteiger partial charge >= 0.3 is 6.09 Å². The number of benzene rings is 1. The number of hydrogen-bond donors (Lipinski definition) is 0. The topological polar surface area (TPSA) is 38.8 Å². The van der Waals surface area contributed by atoms with Gasteiger partial charge in [0.2, 0.25) is 0 Å². The van der Waals surface area contributed by atoms with Crippen LogP contribution in [0.1, 0.15) is 52.0 Å². The van der Waals surface area contributed by atoms with Crippen molar-refractivity contribution in [2.45, 2.75) is 76.2 Å². The predicted molar refractivity (Wildman–Crippen MR) is 115 cm³/mol. The fourth-order valence-corrected chi connectivity index (χ4v) is 4.59. The second kappa shape index (κ2) is 7.74. The Bertz CT molecular complexity index is 781. The Balaban J connectivity index is 1.67. The van der Waals surface area contributed by atoms with E-state index < -0.39 is 13.9 Å². The smallest absolute Gasteiger partial charge is 0.413 e. The first-order chi connectivity index (χ1) is 13.0. The number of nitrogens with zero attached hydrogens (tertiary/aromatic N) is 1. The Kier molecular flexibility index (Phi) is 5.87. The van der Waals surface area contributed by atoms with Crippen LogP contribution in [0.2, 0.25) is 23.2 Å². The van der Waals surface area contributed by atoms with Gasteiger partial charge in [-0.05, 0) is 68.1 Å². The second-order valence-electron chi connectivity index (χ2n) is 9.32. The number of rotatable bonds is 3. The third-order valence-electron chi connectivity index (χ3n) is 6.50. The summed E-state index contributed by atoms with van der Waals surface area (Å²) in [5.74, 6) is 6.62. The lowest BCUT2D eigenvalue weighted by Gasteiger charge is -2.36. The lowest BCUT2D eigenvalue weighted by atomic mass is 9.88. The summed E-state index contributed by atoms with van der Waals surface area (Å²) in [4.78, 5) is 14.7. The highest BCUT2D eigenvalue weighted by Crippen LogP contribution is 2.46. The summed E-state index contributed by atoms with van der Waals surface area (Å²) >= 11 is 5.95. The van der Waals surface area contributed by atoms with Gasteiger partial charge in [-0.3, -0.25) is 4.90 Å². The molecule has 28 heavy (non-hydrogen) atoms. The van der Waals surface area contributed by atoms with Crippen molar-refractivity contribution in [1.29, 1.82) is 0 Å². The number of halogens is 1. The molecule has 0 spiro atoms. The molecule has 0 aromatic heterocycles. The fourth-order valence-electron chi connectivity index (χ4n) is 3.67. The van der Waals surface area contributed by atoms with Crippen molar-refractivity contribution < 1.29 is 14.0 Å². The van der Waals surface area contributed by atoms with Crippen LogP contribution < -0.4 is 0 Å². The molecule has 2 aliphatic heterocycles. The van der Waals surface area contributed by atoms with E-state index in [-0.39, 0.29) is 24.0 Å². The summed E-state index contributed by atoms with van der Waals surface area (Å²) in [5, 5.41) is 0.773. The number of hydrogen-bond acceptors (Lipinski definition) is 3. The number of carbonyl (C=O) groups is 1. The first-order valence-electron chi connectivity index (χ1n) is 9.93. The van der Waals surface area contributed by atoms with E-state index in [2.05, 4.69) is 45.7 Å². The molecule has 0 radical (unpaired) electrons. The highest BCUT2D eigenvalue weighted by Gasteiger charge is 2.54. The van der Waals surface area contributed by atoms with Crippen LogP contribution in [0.15, 0.2) is 24.3 Å². The van der Waals surface area contributed by atoms with E-state index in [1.165, 1.54) is 0 Å². The highest BCUT2D eigenvalue weighted by molar-refractivity contribution is 6.74. The molecule has 1 aromatic carbocycles. The third kappa shape index (κ3) is 4.24. The number of amides is 1. The van der Waals surface area contributed by atoms with Gasteiger partial charge in [-0.2, -0.15) is 0 Å². The van der Waals surface area contributed by atoms with Crippen molar-refractivity contribution in [3.05, 3.63) is 34.9 Å². The zero-order chi connectivity index (χ0) is 20.6. The van der Waals surface area contributed by atoms with Gasteiger partial charge in [-0.15, -0.1) is 0 Å². The summed E-state index contributed by atoms with van der Waals surface area (Å²) in [7, 11) is -1.95. The average Bonchev–Trinajstić information content (AvgIpc) is 3.16. The zero-order valence-electron chi connectivity index (χ0n) is 17.5. The Morgan fingerprint density at radius 1 is 1.25 bits per heavy atom. The van der Waals surface area contributed by atoms with Gasteiger partial charge in [0.25, 0.3) is 0 Å². The van der Waals surface area contributed by atoms with Crippen molar-refractivity contribution in [2.24, 2.45) is 0 Å². The van der Waals surface area contributed by atoms with Crippen molar-refractivity contribution in [1.82, 2.24) is 4.90 Å². The number of ether oxygens (including phenoxy) is 1. The molecule has 2 bridgehead atoms.